The highest BCUT2D eigenvalue weighted by atomic mass is 16.7. The molecular formula is C18H26N2O3. The molecule has 23 heavy (non-hydrogen) atoms. The van der Waals surface area contributed by atoms with E-state index >= 15 is 0 Å². The molecule has 1 saturated carbocycles. The second kappa shape index (κ2) is 7.41. The number of carbonyl (C=O) groups is 1. The molecule has 2 aliphatic rings. The molecule has 1 aliphatic heterocycles. The van der Waals surface area contributed by atoms with Crippen LogP contribution < -0.4 is 5.32 Å². The quantitative estimate of drug-likeness (QED) is 0.926. The lowest BCUT2D eigenvalue weighted by Gasteiger charge is -2.26. The number of hydrogen-bond donors (Lipinski definition) is 1. The fourth-order valence-corrected chi connectivity index (χ4v) is 3.33. The first-order valence-corrected chi connectivity index (χ1v) is 8.65. The Morgan fingerprint density at radius 1 is 1.30 bits per heavy atom. The van der Waals surface area contributed by atoms with Gasteiger partial charge >= 0.3 is 0 Å². The van der Waals surface area contributed by atoms with Crippen LogP contribution in [0.25, 0.3) is 0 Å². The number of rotatable bonds is 4. The summed E-state index contributed by atoms with van der Waals surface area (Å²) in [6, 6.07) is 3.87. The van der Waals surface area contributed by atoms with E-state index in [1.54, 1.807) is 6.20 Å². The number of pyridine rings is 1. The number of aromatic nitrogens is 1. The zero-order valence-electron chi connectivity index (χ0n) is 13.8. The Labute approximate surface area is 137 Å². The molecule has 1 N–H and O–H groups in total. The van der Waals surface area contributed by atoms with Crippen LogP contribution in [0.4, 0.5) is 0 Å². The second-order valence-corrected chi connectivity index (χ2v) is 6.66. The summed E-state index contributed by atoms with van der Waals surface area (Å²) in [5.41, 5.74) is 1.89. The van der Waals surface area contributed by atoms with Gasteiger partial charge in [-0.2, -0.15) is 0 Å². The van der Waals surface area contributed by atoms with Gasteiger partial charge in [0.1, 0.15) is 6.10 Å². The van der Waals surface area contributed by atoms with Gasteiger partial charge in [-0.1, -0.05) is 18.9 Å². The first-order valence-electron chi connectivity index (χ1n) is 8.65. The van der Waals surface area contributed by atoms with E-state index in [0.29, 0.717) is 19.6 Å². The van der Waals surface area contributed by atoms with Crippen molar-refractivity contribution in [2.45, 2.75) is 63.8 Å². The van der Waals surface area contributed by atoms with Crippen LogP contribution in [0.3, 0.4) is 0 Å². The summed E-state index contributed by atoms with van der Waals surface area (Å²) in [4.78, 5) is 16.3. The van der Waals surface area contributed by atoms with Crippen molar-refractivity contribution in [3.05, 3.63) is 29.6 Å². The van der Waals surface area contributed by atoms with Crippen molar-refractivity contribution < 1.29 is 14.3 Å². The van der Waals surface area contributed by atoms with Gasteiger partial charge in [0.25, 0.3) is 0 Å². The minimum atomic E-state index is -0.382. The third-order valence-electron chi connectivity index (χ3n) is 4.64. The highest BCUT2D eigenvalue weighted by Crippen LogP contribution is 2.36. The Kier molecular flexibility index (Phi) is 5.28. The maximum absolute atomic E-state index is 12.0. The summed E-state index contributed by atoms with van der Waals surface area (Å²) in [6.45, 7) is 3.02. The fraction of sp³-hybridized carbons (Fsp3) is 0.667. The predicted octanol–water partition coefficient (Wildman–Crippen LogP) is 2.51. The van der Waals surface area contributed by atoms with Crippen molar-refractivity contribution in [1.29, 1.82) is 0 Å². The van der Waals surface area contributed by atoms with Gasteiger partial charge < -0.3 is 14.8 Å². The van der Waals surface area contributed by atoms with Gasteiger partial charge in [0, 0.05) is 31.3 Å². The molecule has 5 nitrogen and oxygen atoms in total. The largest absolute Gasteiger partial charge is 0.353 e. The number of carbonyl (C=O) groups excluding carboxylic acids is 1. The van der Waals surface area contributed by atoms with Gasteiger partial charge in [-0.25, -0.2) is 0 Å². The number of amides is 1. The molecule has 1 aromatic heterocycles. The maximum atomic E-state index is 12.0. The van der Waals surface area contributed by atoms with E-state index in [0.717, 1.165) is 24.1 Å². The highest BCUT2D eigenvalue weighted by Gasteiger charge is 2.41. The van der Waals surface area contributed by atoms with E-state index in [4.69, 9.17) is 9.47 Å². The number of hydrogen-bond acceptors (Lipinski definition) is 4. The molecule has 1 saturated heterocycles. The molecule has 0 unspecified atom stereocenters. The SMILES string of the molecule is Cc1ccc(CC(=O)NC[C@H]2COC3(CCCCCC3)O2)cn1. The van der Waals surface area contributed by atoms with Crippen LogP contribution in [0.2, 0.25) is 0 Å². The molecule has 2 fully saturated rings. The van der Waals surface area contributed by atoms with E-state index in [-0.39, 0.29) is 17.8 Å². The minimum absolute atomic E-state index is 0.000990. The Bertz CT molecular complexity index is 522. The molecular weight excluding hydrogens is 292 g/mol. The second-order valence-electron chi connectivity index (χ2n) is 6.66. The van der Waals surface area contributed by atoms with Crippen LogP contribution in [0, 0.1) is 6.92 Å². The normalized spacial score (nSPS) is 23.6. The minimum Gasteiger partial charge on any atom is -0.353 e. The third-order valence-corrected chi connectivity index (χ3v) is 4.64. The molecule has 1 spiro atoms. The molecule has 1 aliphatic carbocycles. The first kappa shape index (κ1) is 16.4. The molecule has 1 aromatic rings. The summed E-state index contributed by atoms with van der Waals surface area (Å²) < 4.78 is 12.1. The lowest BCUT2D eigenvalue weighted by molar-refractivity contribution is -0.175. The van der Waals surface area contributed by atoms with E-state index in [9.17, 15) is 4.79 Å². The molecule has 2 heterocycles. The first-order chi connectivity index (χ1) is 11.2. The lowest BCUT2D eigenvalue weighted by Crippen LogP contribution is -2.36. The number of nitrogens with one attached hydrogen (secondary N) is 1. The summed E-state index contributed by atoms with van der Waals surface area (Å²) in [7, 11) is 0. The average molecular weight is 318 g/mol. The monoisotopic (exact) mass is 318 g/mol. The van der Waals surface area contributed by atoms with Crippen molar-refractivity contribution in [2.24, 2.45) is 0 Å². The Hall–Kier alpha value is -1.46. The fourth-order valence-electron chi connectivity index (χ4n) is 3.33. The zero-order chi connectivity index (χ0) is 16.1. The van der Waals surface area contributed by atoms with Crippen LogP contribution in [0.1, 0.15) is 49.8 Å². The van der Waals surface area contributed by atoms with Gasteiger partial charge in [-0.15, -0.1) is 0 Å². The number of aryl methyl sites for hydroxylation is 1. The van der Waals surface area contributed by atoms with E-state index < -0.39 is 0 Å². The van der Waals surface area contributed by atoms with Gasteiger partial charge in [0.2, 0.25) is 5.91 Å². The van der Waals surface area contributed by atoms with E-state index in [1.165, 1.54) is 25.7 Å². The third kappa shape index (κ3) is 4.52. The van der Waals surface area contributed by atoms with Crippen molar-refractivity contribution >= 4 is 5.91 Å². The molecule has 0 radical (unpaired) electrons. The summed E-state index contributed by atoms with van der Waals surface area (Å²) >= 11 is 0. The molecule has 126 valence electrons. The Morgan fingerprint density at radius 3 is 2.78 bits per heavy atom. The van der Waals surface area contributed by atoms with E-state index in [1.807, 2.05) is 19.1 Å². The molecule has 1 amide bonds. The molecule has 0 aromatic carbocycles. The Morgan fingerprint density at radius 2 is 2.09 bits per heavy atom. The van der Waals surface area contributed by atoms with Crippen LogP contribution in [-0.2, 0) is 20.7 Å². The molecule has 0 bridgehead atoms. The predicted molar refractivity (Wildman–Crippen MR) is 86.9 cm³/mol. The van der Waals surface area contributed by atoms with E-state index in [2.05, 4.69) is 10.3 Å². The maximum Gasteiger partial charge on any atom is 0.224 e. The van der Waals surface area contributed by atoms with Gasteiger partial charge in [0.15, 0.2) is 5.79 Å². The smallest absolute Gasteiger partial charge is 0.224 e. The van der Waals surface area contributed by atoms with Crippen LogP contribution >= 0.6 is 0 Å². The lowest BCUT2D eigenvalue weighted by atomic mass is 10.1. The number of nitrogens with zero attached hydrogens (tertiary/aromatic N) is 1. The number of ether oxygens (including phenoxy) is 2. The topological polar surface area (TPSA) is 60.5 Å². The van der Waals surface area contributed by atoms with Crippen molar-refractivity contribution in [1.82, 2.24) is 10.3 Å². The van der Waals surface area contributed by atoms with Gasteiger partial charge in [-0.3, -0.25) is 9.78 Å². The average Bonchev–Trinajstić information content (AvgIpc) is 2.79. The van der Waals surface area contributed by atoms with Crippen molar-refractivity contribution in [3.8, 4) is 0 Å². The molecule has 1 atom stereocenters. The molecule has 3 rings (SSSR count). The highest BCUT2D eigenvalue weighted by molar-refractivity contribution is 5.78. The van der Waals surface area contributed by atoms with Gasteiger partial charge in [-0.05, 0) is 31.4 Å². The van der Waals surface area contributed by atoms with Crippen molar-refractivity contribution in [2.75, 3.05) is 13.2 Å². The van der Waals surface area contributed by atoms with Gasteiger partial charge in [0.05, 0.1) is 13.0 Å². The molecule has 5 heteroatoms. The standard InChI is InChI=1S/C18H26N2O3/c1-14-6-7-15(11-19-14)10-17(21)20-12-16-13-22-18(23-16)8-4-2-3-5-9-18/h6-7,11,16H,2-5,8-10,12-13H2,1H3,(H,20,21)/t16-/m0/s1. The van der Waals surface area contributed by atoms with Crippen LogP contribution in [-0.4, -0.2) is 35.9 Å². The zero-order valence-corrected chi connectivity index (χ0v) is 13.8. The summed E-state index contributed by atoms with van der Waals surface area (Å²) in [5, 5.41) is 2.95. The Balaban J connectivity index is 1.43. The van der Waals surface area contributed by atoms with Crippen LogP contribution in [0.15, 0.2) is 18.3 Å². The summed E-state index contributed by atoms with van der Waals surface area (Å²) in [6.07, 6.45) is 8.89. The van der Waals surface area contributed by atoms with Crippen molar-refractivity contribution in [3.63, 3.8) is 0 Å². The van der Waals surface area contributed by atoms with Crippen LogP contribution in [0.5, 0.6) is 0 Å². The summed E-state index contributed by atoms with van der Waals surface area (Å²) in [5.74, 6) is -0.381.